The summed E-state index contributed by atoms with van der Waals surface area (Å²) >= 11 is 1.36. The van der Waals surface area contributed by atoms with E-state index in [2.05, 4.69) is 14.5 Å². The van der Waals surface area contributed by atoms with Crippen molar-refractivity contribution in [3.63, 3.8) is 0 Å². The number of non-ortho nitro benzene ring substituents is 1. The van der Waals surface area contributed by atoms with Gasteiger partial charge in [0.2, 0.25) is 0 Å². The second-order valence-electron chi connectivity index (χ2n) is 5.97. The Hall–Kier alpha value is -2.14. The fourth-order valence-corrected chi connectivity index (χ4v) is 4.43. The number of rotatable bonds is 2. The maximum Gasteiger partial charge on any atom is 0.586 e. The van der Waals surface area contributed by atoms with Crippen LogP contribution in [0.4, 0.5) is 14.5 Å². The summed E-state index contributed by atoms with van der Waals surface area (Å²) in [6.45, 7) is 0.564. The number of fused-ring (bicyclic) bond motifs is 2. The van der Waals surface area contributed by atoms with E-state index in [-0.39, 0.29) is 40.4 Å². The number of benzene rings is 1. The first-order chi connectivity index (χ1) is 11.8. The van der Waals surface area contributed by atoms with Gasteiger partial charge in [-0.25, -0.2) is 4.99 Å². The highest BCUT2D eigenvalue weighted by atomic mass is 32.2. The number of amidine groups is 1. The Balaban J connectivity index is 1.95. The molecule has 3 aliphatic heterocycles. The molecule has 0 spiro atoms. The molecule has 3 heterocycles. The Morgan fingerprint density at radius 1 is 1.40 bits per heavy atom. The third-order valence-corrected chi connectivity index (χ3v) is 5.47. The maximum atomic E-state index is 13.6. The maximum absolute atomic E-state index is 13.6. The summed E-state index contributed by atoms with van der Waals surface area (Å²) in [5.41, 5.74) is 4.50. The molecule has 1 fully saturated rings. The number of ether oxygens (including phenoxy) is 3. The van der Waals surface area contributed by atoms with Crippen molar-refractivity contribution in [3.05, 3.63) is 27.8 Å². The molecule has 2 atom stereocenters. The van der Waals surface area contributed by atoms with E-state index in [0.29, 0.717) is 18.8 Å². The Bertz CT molecular complexity index is 790. The van der Waals surface area contributed by atoms with Crippen molar-refractivity contribution in [1.29, 1.82) is 0 Å². The molecule has 25 heavy (non-hydrogen) atoms. The molecule has 0 radical (unpaired) electrons. The van der Waals surface area contributed by atoms with E-state index in [9.17, 15) is 18.9 Å². The van der Waals surface area contributed by atoms with Gasteiger partial charge in [-0.3, -0.25) is 10.1 Å². The van der Waals surface area contributed by atoms with Crippen LogP contribution in [0.15, 0.2) is 17.1 Å². The number of hydrogen-bond donors (Lipinski definition) is 1. The summed E-state index contributed by atoms with van der Waals surface area (Å²) in [6, 6.07) is 2.11. The lowest BCUT2D eigenvalue weighted by Crippen LogP contribution is -2.47. The number of halogens is 2. The quantitative estimate of drug-likeness (QED) is 0.625. The average molecular weight is 373 g/mol. The van der Waals surface area contributed by atoms with Crippen LogP contribution in [0.5, 0.6) is 11.5 Å². The number of nitro benzene ring substituents is 1. The van der Waals surface area contributed by atoms with Crippen molar-refractivity contribution in [2.24, 2.45) is 16.6 Å². The molecule has 3 aliphatic rings. The molecule has 0 bridgehead atoms. The van der Waals surface area contributed by atoms with Gasteiger partial charge in [0.25, 0.3) is 5.69 Å². The highest BCUT2D eigenvalue weighted by molar-refractivity contribution is 8.13. The van der Waals surface area contributed by atoms with Gasteiger partial charge in [0.1, 0.15) is 5.54 Å². The molecule has 0 saturated carbocycles. The molecule has 4 rings (SSSR count). The molecular formula is C14H13F2N3O5S. The predicted octanol–water partition coefficient (Wildman–Crippen LogP) is 2.21. The van der Waals surface area contributed by atoms with Crippen LogP contribution >= 0.6 is 11.8 Å². The van der Waals surface area contributed by atoms with Crippen LogP contribution in [-0.4, -0.2) is 35.4 Å². The number of hydrogen-bond acceptors (Lipinski definition) is 8. The van der Waals surface area contributed by atoms with E-state index >= 15 is 0 Å². The Kier molecular flexibility index (Phi) is 3.55. The smallest absolute Gasteiger partial charge is 0.395 e. The van der Waals surface area contributed by atoms with Crippen molar-refractivity contribution in [1.82, 2.24) is 0 Å². The second kappa shape index (κ2) is 5.43. The lowest BCUT2D eigenvalue weighted by atomic mass is 9.76. The molecule has 1 aromatic carbocycles. The molecule has 0 amide bonds. The van der Waals surface area contributed by atoms with E-state index in [1.807, 2.05) is 0 Å². The van der Waals surface area contributed by atoms with Crippen LogP contribution in [0.25, 0.3) is 0 Å². The van der Waals surface area contributed by atoms with Gasteiger partial charge in [0.05, 0.1) is 17.6 Å². The monoisotopic (exact) mass is 373 g/mol. The molecule has 1 saturated heterocycles. The van der Waals surface area contributed by atoms with Crippen molar-refractivity contribution >= 4 is 22.6 Å². The molecule has 8 nitrogen and oxygen atoms in total. The van der Waals surface area contributed by atoms with Gasteiger partial charge in [-0.05, 0) is 6.42 Å². The normalized spacial score (nSPS) is 29.7. The topological polar surface area (TPSA) is 109 Å². The van der Waals surface area contributed by atoms with Crippen molar-refractivity contribution in [3.8, 4) is 11.5 Å². The molecule has 134 valence electrons. The Morgan fingerprint density at radius 3 is 2.96 bits per heavy atom. The fourth-order valence-electron chi connectivity index (χ4n) is 3.39. The van der Waals surface area contributed by atoms with Crippen LogP contribution in [0.2, 0.25) is 0 Å². The number of nitrogens with zero attached hydrogens (tertiary/aromatic N) is 2. The van der Waals surface area contributed by atoms with E-state index in [1.165, 1.54) is 17.8 Å². The van der Waals surface area contributed by atoms with Crippen molar-refractivity contribution in [2.45, 2.75) is 18.3 Å². The van der Waals surface area contributed by atoms with Gasteiger partial charge >= 0.3 is 6.29 Å². The zero-order valence-electron chi connectivity index (χ0n) is 12.7. The number of aliphatic imine (C=N–C) groups is 1. The summed E-state index contributed by atoms with van der Waals surface area (Å²) in [4.78, 5) is 15.0. The number of thioether (sulfide) groups is 1. The van der Waals surface area contributed by atoms with Crippen LogP contribution < -0.4 is 15.2 Å². The molecule has 1 aromatic rings. The van der Waals surface area contributed by atoms with Gasteiger partial charge < -0.3 is 19.9 Å². The Morgan fingerprint density at radius 2 is 2.20 bits per heavy atom. The first-order valence-electron chi connectivity index (χ1n) is 7.45. The number of nitro groups is 1. The summed E-state index contributed by atoms with van der Waals surface area (Å²) in [5.74, 6) is -0.120. The largest absolute Gasteiger partial charge is 0.586 e. The minimum absolute atomic E-state index is 0.0709. The third kappa shape index (κ3) is 2.58. The van der Waals surface area contributed by atoms with Gasteiger partial charge in [-0.1, -0.05) is 11.8 Å². The van der Waals surface area contributed by atoms with Gasteiger partial charge in [0.15, 0.2) is 16.7 Å². The number of nitrogens with two attached hydrogens (primary N) is 1. The van der Waals surface area contributed by atoms with Crippen LogP contribution in [0, 0.1) is 16.0 Å². The minimum Gasteiger partial charge on any atom is -0.395 e. The van der Waals surface area contributed by atoms with E-state index < -0.39 is 16.8 Å². The summed E-state index contributed by atoms with van der Waals surface area (Å²) in [7, 11) is 0. The zero-order chi connectivity index (χ0) is 17.8. The summed E-state index contributed by atoms with van der Waals surface area (Å²) in [6.07, 6.45) is -3.27. The summed E-state index contributed by atoms with van der Waals surface area (Å²) < 4.78 is 41.8. The van der Waals surface area contributed by atoms with Gasteiger partial charge in [0, 0.05) is 29.9 Å². The Labute approximate surface area is 144 Å². The zero-order valence-corrected chi connectivity index (χ0v) is 13.6. The highest BCUT2D eigenvalue weighted by Crippen LogP contribution is 2.54. The fraction of sp³-hybridized carbons (Fsp3) is 0.500. The highest BCUT2D eigenvalue weighted by Gasteiger charge is 2.53. The average Bonchev–Trinajstić information content (AvgIpc) is 2.87. The van der Waals surface area contributed by atoms with Gasteiger partial charge in [-0.2, -0.15) is 0 Å². The predicted molar refractivity (Wildman–Crippen MR) is 84.0 cm³/mol. The first-order valence-corrected chi connectivity index (χ1v) is 8.44. The SMILES string of the molecule is NC1=N[C@@]2(c3cc([N+](=O)[O-])cc4c3OC(F)(F)O4)COCC[C@H]2CS1. The lowest BCUT2D eigenvalue weighted by Gasteiger charge is -2.43. The molecular weight excluding hydrogens is 360 g/mol. The van der Waals surface area contributed by atoms with E-state index in [0.717, 1.165) is 6.07 Å². The third-order valence-electron chi connectivity index (χ3n) is 4.52. The van der Waals surface area contributed by atoms with Crippen molar-refractivity contribution in [2.75, 3.05) is 19.0 Å². The standard InChI is InChI=1S/C14H13F2N3O5S/c15-14(16)23-10-4-8(19(20)21)3-9(11(10)24-14)13-6-22-2-1-7(13)5-25-12(17)18-13/h3-4,7H,1-2,5-6H2,(H2,17,18)/t7-,13-/m0/s1. The molecule has 11 heteroatoms. The minimum atomic E-state index is -3.90. The van der Waals surface area contributed by atoms with Crippen LogP contribution in [0.1, 0.15) is 12.0 Å². The lowest BCUT2D eigenvalue weighted by molar-refractivity contribution is -0.385. The molecule has 0 aliphatic carbocycles. The van der Waals surface area contributed by atoms with E-state index in [4.69, 9.17) is 10.5 Å². The second-order valence-corrected chi connectivity index (χ2v) is 7.01. The van der Waals surface area contributed by atoms with Crippen molar-refractivity contribution < 1.29 is 27.9 Å². The molecule has 0 unspecified atom stereocenters. The molecule has 2 N–H and O–H groups in total. The van der Waals surface area contributed by atoms with Crippen LogP contribution in [0.3, 0.4) is 0 Å². The first kappa shape index (κ1) is 16.3. The van der Waals surface area contributed by atoms with E-state index in [1.54, 1.807) is 0 Å². The molecule has 0 aromatic heterocycles. The van der Waals surface area contributed by atoms with Crippen LogP contribution in [-0.2, 0) is 10.3 Å². The van der Waals surface area contributed by atoms with Gasteiger partial charge in [-0.15, -0.1) is 8.78 Å². The summed E-state index contributed by atoms with van der Waals surface area (Å²) in [5, 5.41) is 11.5. The number of alkyl halides is 2.